The largest absolute Gasteiger partial charge is 0.206 e. The Kier molecular flexibility index (Phi) is 7.89. The number of nitriles is 1. The van der Waals surface area contributed by atoms with Crippen LogP contribution in [0.2, 0.25) is 0 Å². The van der Waals surface area contributed by atoms with Crippen molar-refractivity contribution in [1.29, 1.82) is 5.26 Å². The van der Waals surface area contributed by atoms with Gasteiger partial charge in [-0.3, -0.25) is 0 Å². The van der Waals surface area contributed by atoms with Gasteiger partial charge < -0.3 is 0 Å². The van der Waals surface area contributed by atoms with Crippen LogP contribution in [-0.2, 0) is 0 Å². The maximum atomic E-state index is 14.1. The number of nitrogens with zero attached hydrogens (tertiary/aromatic N) is 1. The van der Waals surface area contributed by atoms with E-state index in [1.807, 2.05) is 13.0 Å². The molecule has 0 fully saturated rings. The van der Waals surface area contributed by atoms with E-state index in [-0.39, 0.29) is 11.1 Å². The Hall–Kier alpha value is -2.92. The number of allylic oxidation sites excluding steroid dienone is 12. The average Bonchev–Trinajstić information content (AvgIpc) is 2.48. The summed E-state index contributed by atoms with van der Waals surface area (Å²) in [6, 6.07) is 1.86. The maximum Gasteiger partial charge on any atom is 0.131 e. The zero-order chi connectivity index (χ0) is 17.3. The Labute approximate surface area is 132 Å². The molecule has 22 heavy (non-hydrogen) atoms. The second kappa shape index (κ2) is 9.10. The third kappa shape index (κ3) is 7.02. The number of hydrogen-bond donors (Lipinski definition) is 0. The number of halogens is 1. The zero-order valence-electron chi connectivity index (χ0n) is 13.0. The fourth-order valence-electron chi connectivity index (χ4n) is 1.18. The minimum Gasteiger partial charge on any atom is -0.206 e. The minimum atomic E-state index is -0.563. The molecular formula is C20H20FN. The predicted octanol–water partition coefficient (Wildman–Crippen LogP) is 5.83. The quantitative estimate of drug-likeness (QED) is 0.408. The van der Waals surface area contributed by atoms with E-state index in [0.717, 1.165) is 5.57 Å². The summed E-state index contributed by atoms with van der Waals surface area (Å²) in [7, 11) is 0. The van der Waals surface area contributed by atoms with Gasteiger partial charge in [0.15, 0.2) is 0 Å². The Morgan fingerprint density at radius 1 is 0.864 bits per heavy atom. The first-order valence-corrected chi connectivity index (χ1v) is 6.43. The van der Waals surface area contributed by atoms with Crippen molar-refractivity contribution in [3.8, 4) is 6.07 Å². The minimum absolute atomic E-state index is 0.111. The molecular weight excluding hydrogens is 273 g/mol. The molecule has 0 rings (SSSR count). The van der Waals surface area contributed by atoms with Crippen molar-refractivity contribution in [1.82, 2.24) is 0 Å². The van der Waals surface area contributed by atoms with E-state index in [4.69, 9.17) is 5.26 Å². The van der Waals surface area contributed by atoms with Gasteiger partial charge in [-0.05, 0) is 35.8 Å². The van der Waals surface area contributed by atoms with Gasteiger partial charge in [-0.1, -0.05) is 63.3 Å². The lowest BCUT2D eigenvalue weighted by molar-refractivity contribution is 0.655. The molecule has 0 aromatic rings. The highest BCUT2D eigenvalue weighted by Gasteiger charge is 2.05. The van der Waals surface area contributed by atoms with Crippen molar-refractivity contribution < 1.29 is 4.39 Å². The van der Waals surface area contributed by atoms with Gasteiger partial charge in [0.05, 0.1) is 6.07 Å². The highest BCUT2D eigenvalue weighted by atomic mass is 19.1. The van der Waals surface area contributed by atoms with Crippen molar-refractivity contribution in [2.45, 2.75) is 6.92 Å². The van der Waals surface area contributed by atoms with Crippen LogP contribution in [0.5, 0.6) is 0 Å². The molecule has 2 heteroatoms. The fraction of sp³-hybridized carbons (Fsp3) is 0.0500. The van der Waals surface area contributed by atoms with Crippen LogP contribution >= 0.6 is 0 Å². The summed E-state index contributed by atoms with van der Waals surface area (Å²) in [5.41, 5.74) is 2.57. The zero-order valence-corrected chi connectivity index (χ0v) is 13.0. The first-order valence-electron chi connectivity index (χ1n) is 6.43. The molecule has 0 bridgehead atoms. The second-order valence-corrected chi connectivity index (χ2v) is 4.70. The molecule has 0 saturated carbocycles. The Balaban J connectivity index is 4.99. The molecule has 0 heterocycles. The van der Waals surface area contributed by atoms with E-state index in [1.165, 1.54) is 18.2 Å². The predicted molar refractivity (Wildman–Crippen MR) is 93.6 cm³/mol. The molecule has 0 aromatic heterocycles. The SMILES string of the molecule is C=C(C)/C=C\C(=C)C(=C)/C=C(/F)C(=C)C(=C)/C=C\C(=C)C#N. The molecule has 0 radical (unpaired) electrons. The van der Waals surface area contributed by atoms with Crippen LogP contribution in [0, 0.1) is 11.3 Å². The molecule has 0 aromatic carbocycles. The topological polar surface area (TPSA) is 23.8 Å². The molecule has 0 N–H and O–H groups in total. The van der Waals surface area contributed by atoms with Gasteiger partial charge in [0, 0.05) is 11.1 Å². The molecule has 0 aliphatic rings. The van der Waals surface area contributed by atoms with E-state index < -0.39 is 5.83 Å². The molecule has 0 atom stereocenters. The summed E-state index contributed by atoms with van der Waals surface area (Å²) in [5.74, 6) is -0.563. The van der Waals surface area contributed by atoms with E-state index in [0.29, 0.717) is 16.7 Å². The summed E-state index contributed by atoms with van der Waals surface area (Å²) in [5, 5.41) is 8.59. The second-order valence-electron chi connectivity index (χ2n) is 4.70. The lowest BCUT2D eigenvalue weighted by atomic mass is 10.0. The number of rotatable bonds is 8. The van der Waals surface area contributed by atoms with Crippen LogP contribution in [0.1, 0.15) is 6.92 Å². The van der Waals surface area contributed by atoms with Gasteiger partial charge in [0.25, 0.3) is 0 Å². The summed E-state index contributed by atoms with van der Waals surface area (Å²) in [6.45, 7) is 24.0. The Bertz CT molecular complexity index is 673. The van der Waals surface area contributed by atoms with Crippen LogP contribution in [0.3, 0.4) is 0 Å². The average molecular weight is 293 g/mol. The van der Waals surface area contributed by atoms with E-state index in [2.05, 4.69) is 39.5 Å². The maximum absolute atomic E-state index is 14.1. The van der Waals surface area contributed by atoms with Gasteiger partial charge in [0.2, 0.25) is 0 Å². The lowest BCUT2D eigenvalue weighted by Crippen LogP contribution is -1.88. The standard InChI is InChI=1S/C20H20FN/c1-14(2)8-10-16(4)18(6)12-20(21)19(7)17(5)11-9-15(3)13-22/h8-12H,1,3-7H2,2H3/b10-8-,11-9-,20-12+. The van der Waals surface area contributed by atoms with Crippen LogP contribution in [0.25, 0.3) is 0 Å². The van der Waals surface area contributed by atoms with Gasteiger partial charge in [-0.15, -0.1) is 0 Å². The molecule has 0 amide bonds. The van der Waals surface area contributed by atoms with Crippen molar-refractivity contribution in [2.24, 2.45) is 0 Å². The summed E-state index contributed by atoms with van der Waals surface area (Å²) >= 11 is 0. The van der Waals surface area contributed by atoms with Crippen LogP contribution in [-0.4, -0.2) is 0 Å². The number of hydrogen-bond acceptors (Lipinski definition) is 1. The van der Waals surface area contributed by atoms with E-state index in [1.54, 1.807) is 12.2 Å². The van der Waals surface area contributed by atoms with Crippen molar-refractivity contribution in [3.63, 3.8) is 0 Å². The van der Waals surface area contributed by atoms with E-state index in [9.17, 15) is 4.39 Å². The normalized spacial score (nSPS) is 11.2. The van der Waals surface area contributed by atoms with Crippen molar-refractivity contribution in [2.75, 3.05) is 0 Å². The molecule has 112 valence electrons. The third-order valence-electron chi connectivity index (χ3n) is 2.59. The first-order chi connectivity index (χ1) is 10.2. The lowest BCUT2D eigenvalue weighted by Gasteiger charge is -2.05. The molecule has 0 aliphatic carbocycles. The highest BCUT2D eigenvalue weighted by molar-refractivity contribution is 5.53. The molecule has 0 saturated heterocycles. The monoisotopic (exact) mass is 293 g/mol. The summed E-state index contributed by atoms with van der Waals surface area (Å²) < 4.78 is 14.1. The van der Waals surface area contributed by atoms with Crippen molar-refractivity contribution >= 4 is 0 Å². The highest BCUT2D eigenvalue weighted by Crippen LogP contribution is 2.22. The summed E-state index contributed by atoms with van der Waals surface area (Å²) in [4.78, 5) is 0. The molecule has 0 spiro atoms. The van der Waals surface area contributed by atoms with Gasteiger partial charge >= 0.3 is 0 Å². The van der Waals surface area contributed by atoms with Gasteiger partial charge in [-0.25, -0.2) is 4.39 Å². The third-order valence-corrected chi connectivity index (χ3v) is 2.59. The van der Waals surface area contributed by atoms with Crippen molar-refractivity contribution in [3.05, 3.63) is 109 Å². The van der Waals surface area contributed by atoms with Gasteiger partial charge in [0.1, 0.15) is 5.83 Å². The van der Waals surface area contributed by atoms with Crippen LogP contribution in [0.4, 0.5) is 4.39 Å². The Morgan fingerprint density at radius 3 is 1.91 bits per heavy atom. The van der Waals surface area contributed by atoms with E-state index >= 15 is 0 Å². The fourth-order valence-corrected chi connectivity index (χ4v) is 1.18. The molecule has 1 nitrogen and oxygen atoms in total. The van der Waals surface area contributed by atoms with Crippen LogP contribution in [0.15, 0.2) is 109 Å². The van der Waals surface area contributed by atoms with Gasteiger partial charge in [-0.2, -0.15) is 5.26 Å². The summed E-state index contributed by atoms with van der Waals surface area (Å²) in [6.07, 6.45) is 7.65. The molecule has 0 unspecified atom stereocenters. The smallest absolute Gasteiger partial charge is 0.131 e. The Morgan fingerprint density at radius 2 is 1.41 bits per heavy atom. The first kappa shape index (κ1) is 19.1. The van der Waals surface area contributed by atoms with Crippen LogP contribution < -0.4 is 0 Å². The molecule has 0 aliphatic heterocycles.